The zero-order valence-electron chi connectivity index (χ0n) is 13.7. The van der Waals surface area contributed by atoms with Crippen LogP contribution in [-0.2, 0) is 11.4 Å². The highest BCUT2D eigenvalue weighted by Crippen LogP contribution is 2.38. The summed E-state index contributed by atoms with van der Waals surface area (Å²) in [6.07, 6.45) is 4.87. The third kappa shape index (κ3) is 4.01. The minimum atomic E-state index is 0.0562. The quantitative estimate of drug-likeness (QED) is 0.739. The van der Waals surface area contributed by atoms with E-state index in [0.717, 1.165) is 16.9 Å². The van der Waals surface area contributed by atoms with Crippen molar-refractivity contribution >= 4 is 5.78 Å². The van der Waals surface area contributed by atoms with E-state index in [4.69, 9.17) is 4.74 Å². The molecule has 0 amide bonds. The Kier molecular flexibility index (Phi) is 5.12. The van der Waals surface area contributed by atoms with Gasteiger partial charge in [0.1, 0.15) is 18.1 Å². The number of hydrogen-bond acceptors (Lipinski definition) is 2. The Morgan fingerprint density at radius 2 is 1.70 bits per heavy atom. The molecule has 0 N–H and O–H groups in total. The molecule has 1 aliphatic carbocycles. The molecule has 0 spiro atoms. The van der Waals surface area contributed by atoms with E-state index in [2.05, 4.69) is 24.3 Å². The van der Waals surface area contributed by atoms with E-state index in [9.17, 15) is 4.79 Å². The van der Waals surface area contributed by atoms with E-state index in [-0.39, 0.29) is 11.7 Å². The monoisotopic (exact) mass is 308 g/mol. The molecule has 1 fully saturated rings. The van der Waals surface area contributed by atoms with Gasteiger partial charge in [0.15, 0.2) is 0 Å². The van der Waals surface area contributed by atoms with E-state index in [1.165, 1.54) is 25.7 Å². The molecular weight excluding hydrogens is 284 g/mol. The summed E-state index contributed by atoms with van der Waals surface area (Å²) in [4.78, 5) is 12.1. The maximum absolute atomic E-state index is 12.1. The van der Waals surface area contributed by atoms with E-state index in [0.29, 0.717) is 12.5 Å². The highest BCUT2D eigenvalue weighted by molar-refractivity contribution is 5.83. The molecule has 0 heterocycles. The maximum atomic E-state index is 12.1. The van der Waals surface area contributed by atoms with Crippen molar-refractivity contribution in [1.82, 2.24) is 0 Å². The fourth-order valence-electron chi connectivity index (χ4n) is 3.64. The third-order valence-corrected chi connectivity index (χ3v) is 4.80. The van der Waals surface area contributed by atoms with Gasteiger partial charge < -0.3 is 4.74 Å². The Labute approximate surface area is 138 Å². The molecule has 2 nitrogen and oxygen atoms in total. The lowest BCUT2D eigenvalue weighted by Crippen LogP contribution is -2.17. The van der Waals surface area contributed by atoms with Crippen LogP contribution in [0.15, 0.2) is 54.6 Å². The van der Waals surface area contributed by atoms with Crippen molar-refractivity contribution in [3.8, 4) is 5.75 Å². The third-order valence-electron chi connectivity index (χ3n) is 4.80. The van der Waals surface area contributed by atoms with Crippen molar-refractivity contribution < 1.29 is 9.53 Å². The molecular formula is C21H24O2. The van der Waals surface area contributed by atoms with Crippen molar-refractivity contribution in [2.24, 2.45) is 5.92 Å². The van der Waals surface area contributed by atoms with Gasteiger partial charge in [0.05, 0.1) is 0 Å². The van der Waals surface area contributed by atoms with Gasteiger partial charge >= 0.3 is 0 Å². The van der Waals surface area contributed by atoms with E-state index in [1.807, 2.05) is 30.3 Å². The summed E-state index contributed by atoms with van der Waals surface area (Å²) < 4.78 is 5.83. The van der Waals surface area contributed by atoms with Gasteiger partial charge in [0.25, 0.3) is 0 Å². The van der Waals surface area contributed by atoms with E-state index >= 15 is 0 Å². The Morgan fingerprint density at radius 3 is 2.30 bits per heavy atom. The van der Waals surface area contributed by atoms with Crippen LogP contribution in [-0.4, -0.2) is 5.78 Å². The molecule has 23 heavy (non-hydrogen) atoms. The SMILES string of the molecule is CC(=O)C(c1ccc(OCc2ccccc2)cc1)C1CCCC1. The summed E-state index contributed by atoms with van der Waals surface area (Å²) >= 11 is 0. The molecule has 0 aromatic heterocycles. The maximum Gasteiger partial charge on any atom is 0.137 e. The lowest BCUT2D eigenvalue weighted by Gasteiger charge is -2.21. The molecule has 2 aromatic carbocycles. The number of ketones is 1. The number of Topliss-reactive ketones (excluding diaryl/α,β-unsaturated/α-hetero) is 1. The average molecular weight is 308 g/mol. The standard InChI is InChI=1S/C21H24O2/c1-16(22)21(18-9-5-6-10-18)19-11-13-20(14-12-19)23-15-17-7-3-2-4-8-17/h2-4,7-8,11-14,18,21H,5-6,9-10,15H2,1H3. The Bertz CT molecular complexity index is 625. The highest BCUT2D eigenvalue weighted by Gasteiger charge is 2.29. The molecule has 2 heteroatoms. The van der Waals surface area contributed by atoms with Gasteiger partial charge in [-0.2, -0.15) is 0 Å². The Hall–Kier alpha value is -2.09. The first-order chi connectivity index (χ1) is 11.2. The van der Waals surface area contributed by atoms with Crippen LogP contribution in [0.25, 0.3) is 0 Å². The summed E-state index contributed by atoms with van der Waals surface area (Å²) in [5.74, 6) is 1.71. The predicted molar refractivity (Wildman–Crippen MR) is 92.6 cm³/mol. The fraction of sp³-hybridized carbons (Fsp3) is 0.381. The van der Waals surface area contributed by atoms with Gasteiger partial charge in [-0.3, -0.25) is 4.79 Å². The lowest BCUT2D eigenvalue weighted by molar-refractivity contribution is -0.119. The molecule has 1 unspecified atom stereocenters. The molecule has 0 saturated heterocycles. The molecule has 2 aromatic rings. The molecule has 3 rings (SSSR count). The second kappa shape index (κ2) is 7.45. The van der Waals surface area contributed by atoms with Gasteiger partial charge in [-0.05, 0) is 48.9 Å². The largest absolute Gasteiger partial charge is 0.489 e. The van der Waals surface area contributed by atoms with Crippen LogP contribution in [0.4, 0.5) is 0 Å². The Morgan fingerprint density at radius 1 is 1.04 bits per heavy atom. The minimum Gasteiger partial charge on any atom is -0.489 e. The first-order valence-electron chi connectivity index (χ1n) is 8.51. The molecule has 1 aliphatic rings. The normalized spacial score (nSPS) is 16.2. The number of carbonyl (C=O) groups excluding carboxylic acids is 1. The lowest BCUT2D eigenvalue weighted by atomic mass is 9.82. The zero-order valence-corrected chi connectivity index (χ0v) is 13.7. The number of ether oxygens (including phenoxy) is 1. The van der Waals surface area contributed by atoms with Crippen LogP contribution >= 0.6 is 0 Å². The zero-order chi connectivity index (χ0) is 16.1. The summed E-state index contributed by atoms with van der Waals surface area (Å²) in [5, 5.41) is 0. The van der Waals surface area contributed by atoms with Gasteiger partial charge in [-0.15, -0.1) is 0 Å². The summed E-state index contributed by atoms with van der Waals surface area (Å²) in [6, 6.07) is 18.2. The van der Waals surface area contributed by atoms with Crippen LogP contribution in [0, 0.1) is 5.92 Å². The van der Waals surface area contributed by atoms with Gasteiger partial charge in [0, 0.05) is 5.92 Å². The van der Waals surface area contributed by atoms with Crippen molar-refractivity contribution in [3.05, 3.63) is 65.7 Å². The van der Waals surface area contributed by atoms with Crippen molar-refractivity contribution in [2.45, 2.75) is 45.1 Å². The smallest absolute Gasteiger partial charge is 0.137 e. The Balaban J connectivity index is 1.66. The second-order valence-electron chi connectivity index (χ2n) is 6.48. The highest BCUT2D eigenvalue weighted by atomic mass is 16.5. The van der Waals surface area contributed by atoms with Gasteiger partial charge in [-0.1, -0.05) is 55.3 Å². The number of carbonyl (C=O) groups is 1. The molecule has 1 atom stereocenters. The molecule has 0 radical (unpaired) electrons. The van der Waals surface area contributed by atoms with Gasteiger partial charge in [-0.25, -0.2) is 0 Å². The van der Waals surface area contributed by atoms with Crippen LogP contribution < -0.4 is 4.74 Å². The first-order valence-corrected chi connectivity index (χ1v) is 8.51. The predicted octanol–water partition coefficient (Wildman–Crippen LogP) is 5.13. The molecule has 0 bridgehead atoms. The van der Waals surface area contributed by atoms with Gasteiger partial charge in [0.2, 0.25) is 0 Å². The second-order valence-corrected chi connectivity index (χ2v) is 6.48. The number of rotatable bonds is 6. The van der Waals surface area contributed by atoms with E-state index in [1.54, 1.807) is 6.92 Å². The molecule has 120 valence electrons. The van der Waals surface area contributed by atoms with Crippen molar-refractivity contribution in [2.75, 3.05) is 0 Å². The fourth-order valence-corrected chi connectivity index (χ4v) is 3.64. The van der Waals surface area contributed by atoms with E-state index < -0.39 is 0 Å². The average Bonchev–Trinajstić information content (AvgIpc) is 3.09. The summed E-state index contributed by atoms with van der Waals surface area (Å²) in [5.41, 5.74) is 2.29. The topological polar surface area (TPSA) is 26.3 Å². The molecule has 1 saturated carbocycles. The van der Waals surface area contributed by atoms with Crippen molar-refractivity contribution in [3.63, 3.8) is 0 Å². The van der Waals surface area contributed by atoms with Crippen LogP contribution in [0.2, 0.25) is 0 Å². The van der Waals surface area contributed by atoms with Crippen LogP contribution in [0.5, 0.6) is 5.75 Å². The summed E-state index contributed by atoms with van der Waals surface area (Å²) in [7, 11) is 0. The summed E-state index contributed by atoms with van der Waals surface area (Å²) in [6.45, 7) is 2.29. The van der Waals surface area contributed by atoms with Crippen LogP contribution in [0.1, 0.15) is 49.7 Å². The first kappa shape index (κ1) is 15.8. The minimum absolute atomic E-state index is 0.0562. The van der Waals surface area contributed by atoms with Crippen LogP contribution in [0.3, 0.4) is 0 Å². The van der Waals surface area contributed by atoms with Crippen molar-refractivity contribution in [1.29, 1.82) is 0 Å². The number of hydrogen-bond donors (Lipinski definition) is 0. The number of benzene rings is 2. The molecule has 0 aliphatic heterocycles.